The highest BCUT2D eigenvalue weighted by molar-refractivity contribution is 5.86. The number of likely N-dealkylation sites (N-methyl/N-ethyl adjacent to an activating group) is 1. The van der Waals surface area contributed by atoms with Gasteiger partial charge in [0.1, 0.15) is 6.54 Å². The summed E-state index contributed by atoms with van der Waals surface area (Å²) in [6.45, 7) is 9.61. The Hall–Kier alpha value is -2.91. The zero-order valence-corrected chi connectivity index (χ0v) is 21.8. The van der Waals surface area contributed by atoms with Gasteiger partial charge in [0.2, 0.25) is 0 Å². The van der Waals surface area contributed by atoms with E-state index in [0.29, 0.717) is 0 Å². The third-order valence-electron chi connectivity index (χ3n) is 4.89. The van der Waals surface area contributed by atoms with Crippen molar-refractivity contribution < 1.29 is 16.9 Å². The molecule has 0 saturated heterocycles. The molecule has 4 aromatic rings. The highest BCUT2D eigenvalue weighted by atomic mass is 35.5. The summed E-state index contributed by atoms with van der Waals surface area (Å²) in [6, 6.07) is 31.1. The van der Waals surface area contributed by atoms with Gasteiger partial charge in [-0.3, -0.25) is 4.98 Å². The number of pyridine rings is 1. The van der Waals surface area contributed by atoms with Crippen LogP contribution in [0.15, 0.2) is 129 Å². The molecule has 0 unspecified atom stereocenters. The van der Waals surface area contributed by atoms with Crippen molar-refractivity contribution in [2.45, 2.75) is 13.0 Å². The maximum atomic E-state index is 3.78. The first kappa shape index (κ1) is 31.1. The van der Waals surface area contributed by atoms with E-state index in [1.54, 1.807) is 12.4 Å². The first-order chi connectivity index (χ1) is 15.6. The number of halogens is 2. The second-order valence-corrected chi connectivity index (χ2v) is 8.21. The van der Waals surface area contributed by atoms with Crippen LogP contribution in [0, 0.1) is 0 Å². The number of aromatic nitrogens is 1. The van der Waals surface area contributed by atoms with Crippen molar-refractivity contribution in [3.8, 4) is 0 Å². The number of rotatable bonds is 6. The molecule has 2 nitrogen and oxygen atoms in total. The van der Waals surface area contributed by atoms with Crippen LogP contribution in [-0.2, 0) is 13.0 Å². The quantitative estimate of drug-likeness (QED) is 0.283. The predicted octanol–water partition coefficient (Wildman–Crippen LogP) is 4.52. The van der Waals surface area contributed by atoms with Gasteiger partial charge in [0.05, 0.1) is 20.6 Å². The first-order valence-corrected chi connectivity index (χ1v) is 10.9. The number of hydrogen-bond acceptors (Lipinski definition) is 1. The number of nitrogens with zero attached hydrogens (tertiary/aromatic N) is 2. The molecule has 0 atom stereocenters. The van der Waals surface area contributed by atoms with Crippen LogP contribution in [0.25, 0.3) is 10.8 Å². The van der Waals surface area contributed by atoms with Crippen LogP contribution >= 0.6 is 12.4 Å². The van der Waals surface area contributed by atoms with E-state index >= 15 is 0 Å². The van der Waals surface area contributed by atoms with Crippen LogP contribution in [0.4, 0.5) is 0 Å². The lowest BCUT2D eigenvalue weighted by atomic mass is 10.0. The lowest BCUT2D eigenvalue weighted by Crippen LogP contribution is -3.00. The highest BCUT2D eigenvalue weighted by Gasteiger charge is 2.12. The SMILES string of the molecule is C=CC[N+](C)(C)Cc1ccccc1.C=CCc1cccc2ccccc12.Cl.[Cl-].c1ccncc1. The van der Waals surface area contributed by atoms with E-state index < -0.39 is 0 Å². The van der Waals surface area contributed by atoms with Crippen LogP contribution in [0.3, 0.4) is 0 Å². The molecular formula is C30H36Cl2N2. The van der Waals surface area contributed by atoms with Gasteiger partial charge in [0, 0.05) is 18.0 Å². The summed E-state index contributed by atoms with van der Waals surface area (Å²) in [5, 5.41) is 2.65. The minimum Gasteiger partial charge on any atom is -1.00 e. The van der Waals surface area contributed by atoms with E-state index in [1.807, 2.05) is 30.4 Å². The molecule has 0 N–H and O–H groups in total. The Morgan fingerprint density at radius 2 is 1.32 bits per heavy atom. The molecule has 0 fully saturated rings. The number of benzene rings is 3. The highest BCUT2D eigenvalue weighted by Crippen LogP contribution is 2.18. The summed E-state index contributed by atoms with van der Waals surface area (Å²) in [6.07, 6.45) is 8.37. The fraction of sp³-hybridized carbons (Fsp3) is 0.167. The number of hydrogen-bond donors (Lipinski definition) is 0. The lowest BCUT2D eigenvalue weighted by Gasteiger charge is -2.28. The van der Waals surface area contributed by atoms with Gasteiger partial charge < -0.3 is 16.9 Å². The average Bonchev–Trinajstić information content (AvgIpc) is 2.82. The van der Waals surface area contributed by atoms with E-state index in [1.165, 1.54) is 21.9 Å². The smallest absolute Gasteiger partial charge is 0.104 e. The molecule has 0 saturated carbocycles. The maximum absolute atomic E-state index is 3.78. The zero-order chi connectivity index (χ0) is 23.1. The van der Waals surface area contributed by atoms with Crippen molar-refractivity contribution in [3.63, 3.8) is 0 Å². The van der Waals surface area contributed by atoms with Crippen molar-refractivity contribution in [1.29, 1.82) is 0 Å². The summed E-state index contributed by atoms with van der Waals surface area (Å²) >= 11 is 0. The van der Waals surface area contributed by atoms with Gasteiger partial charge in [0.15, 0.2) is 0 Å². The van der Waals surface area contributed by atoms with E-state index in [4.69, 9.17) is 0 Å². The predicted molar refractivity (Wildman–Crippen MR) is 147 cm³/mol. The number of fused-ring (bicyclic) bond motifs is 1. The van der Waals surface area contributed by atoms with Crippen LogP contribution in [-0.4, -0.2) is 30.1 Å². The van der Waals surface area contributed by atoms with Crippen molar-refractivity contribution >= 4 is 23.2 Å². The van der Waals surface area contributed by atoms with Crippen LogP contribution in [0.2, 0.25) is 0 Å². The zero-order valence-electron chi connectivity index (χ0n) is 20.2. The minimum absolute atomic E-state index is 0. The van der Waals surface area contributed by atoms with Crippen LogP contribution in [0.1, 0.15) is 11.1 Å². The van der Waals surface area contributed by atoms with Crippen molar-refractivity contribution in [2.24, 2.45) is 0 Å². The number of quaternary nitrogens is 1. The second-order valence-electron chi connectivity index (χ2n) is 8.21. The van der Waals surface area contributed by atoms with E-state index in [2.05, 4.69) is 105 Å². The third-order valence-corrected chi connectivity index (χ3v) is 4.89. The molecule has 1 aromatic heterocycles. The van der Waals surface area contributed by atoms with Crippen molar-refractivity contribution in [1.82, 2.24) is 4.98 Å². The minimum atomic E-state index is 0. The van der Waals surface area contributed by atoms with Crippen LogP contribution in [0.5, 0.6) is 0 Å². The summed E-state index contributed by atoms with van der Waals surface area (Å²) in [5.74, 6) is 0. The molecule has 0 amide bonds. The largest absolute Gasteiger partial charge is 1.00 e. The summed E-state index contributed by atoms with van der Waals surface area (Å²) in [4.78, 5) is 3.78. The summed E-state index contributed by atoms with van der Waals surface area (Å²) < 4.78 is 0.966. The van der Waals surface area contributed by atoms with Gasteiger partial charge in [-0.2, -0.15) is 0 Å². The standard InChI is InChI=1S/C13H12.C12H18N.C5H5N.2ClH/c1-2-6-11-8-5-9-12-7-3-4-10-13(11)12;1-4-10-13(2,3)11-12-8-6-5-7-9-12;1-2-4-6-5-3-1;;/h2-5,7-10H,1,6H2;4-9H,1,10-11H2,2-3H3;1-5H;2*1H/q;+1;;;/p-1. The molecule has 0 aliphatic heterocycles. The Labute approximate surface area is 218 Å². The van der Waals surface area contributed by atoms with E-state index in [-0.39, 0.29) is 24.8 Å². The molecule has 0 aliphatic carbocycles. The molecule has 0 bridgehead atoms. The Morgan fingerprint density at radius 3 is 1.88 bits per heavy atom. The average molecular weight is 496 g/mol. The van der Waals surface area contributed by atoms with Gasteiger partial charge in [-0.15, -0.1) is 19.0 Å². The van der Waals surface area contributed by atoms with Gasteiger partial charge in [-0.05, 0) is 41.0 Å². The first-order valence-electron chi connectivity index (χ1n) is 10.9. The van der Waals surface area contributed by atoms with E-state index in [9.17, 15) is 0 Å². The molecular weight excluding hydrogens is 459 g/mol. The normalized spacial score (nSPS) is 9.59. The van der Waals surface area contributed by atoms with Crippen molar-refractivity contribution in [3.05, 3.63) is 140 Å². The Kier molecular flexibility index (Phi) is 16.0. The molecule has 4 heteroatoms. The topological polar surface area (TPSA) is 12.9 Å². The molecule has 4 rings (SSSR count). The Bertz CT molecular complexity index is 1030. The molecule has 180 valence electrons. The molecule has 3 aromatic carbocycles. The molecule has 34 heavy (non-hydrogen) atoms. The molecule has 1 heterocycles. The monoisotopic (exact) mass is 494 g/mol. The molecule has 0 spiro atoms. The Morgan fingerprint density at radius 1 is 0.735 bits per heavy atom. The van der Waals surface area contributed by atoms with Crippen LogP contribution < -0.4 is 12.4 Å². The fourth-order valence-electron chi connectivity index (χ4n) is 3.43. The number of allylic oxidation sites excluding steroid dienone is 1. The van der Waals surface area contributed by atoms with Gasteiger partial charge in [-0.25, -0.2) is 0 Å². The summed E-state index contributed by atoms with van der Waals surface area (Å²) in [5.41, 5.74) is 2.74. The lowest BCUT2D eigenvalue weighted by molar-refractivity contribution is -0.897. The third kappa shape index (κ3) is 11.8. The van der Waals surface area contributed by atoms with Gasteiger partial charge in [0.25, 0.3) is 0 Å². The fourth-order valence-corrected chi connectivity index (χ4v) is 3.43. The van der Waals surface area contributed by atoms with Gasteiger partial charge in [-0.1, -0.05) is 91.5 Å². The second kappa shape index (κ2) is 17.6. The summed E-state index contributed by atoms with van der Waals surface area (Å²) in [7, 11) is 4.43. The maximum Gasteiger partial charge on any atom is 0.104 e. The molecule has 0 aliphatic rings. The molecule has 0 radical (unpaired) electrons. The Balaban J connectivity index is 0.000000495. The van der Waals surface area contributed by atoms with Crippen molar-refractivity contribution in [2.75, 3.05) is 20.6 Å². The van der Waals surface area contributed by atoms with Gasteiger partial charge >= 0.3 is 0 Å². The van der Waals surface area contributed by atoms with E-state index in [0.717, 1.165) is 24.0 Å².